The minimum Gasteiger partial charge on any atom is -0.379 e. The lowest BCUT2D eigenvalue weighted by molar-refractivity contribution is -0.385. The Morgan fingerprint density at radius 3 is 2.71 bits per heavy atom. The van der Waals surface area contributed by atoms with E-state index in [1.54, 1.807) is 23.9 Å². The van der Waals surface area contributed by atoms with Gasteiger partial charge in [-0.25, -0.2) is 0 Å². The summed E-state index contributed by atoms with van der Waals surface area (Å²) in [6.45, 7) is 2.72. The molecule has 0 atom stereocenters. The number of hydrogen-bond donors (Lipinski definition) is 0. The lowest BCUT2D eigenvalue weighted by Gasteiger charge is -2.25. The van der Waals surface area contributed by atoms with Crippen LogP contribution in [0, 0.1) is 10.1 Å². The fourth-order valence-corrected chi connectivity index (χ4v) is 2.55. The van der Waals surface area contributed by atoms with Gasteiger partial charge in [-0.05, 0) is 19.1 Å². The van der Waals surface area contributed by atoms with Crippen LogP contribution in [0.2, 0.25) is 0 Å². The van der Waals surface area contributed by atoms with Crippen molar-refractivity contribution in [3.8, 4) is 0 Å². The van der Waals surface area contributed by atoms with Gasteiger partial charge in [0.15, 0.2) is 5.78 Å². The van der Waals surface area contributed by atoms with Crippen LogP contribution in [-0.4, -0.2) is 29.2 Å². The van der Waals surface area contributed by atoms with Crippen LogP contribution < -0.4 is 0 Å². The maximum absolute atomic E-state index is 11.4. The topological polar surface area (TPSA) is 69.4 Å². The van der Waals surface area contributed by atoms with Crippen molar-refractivity contribution in [1.82, 2.24) is 0 Å². The van der Waals surface area contributed by atoms with Gasteiger partial charge in [0.25, 0.3) is 5.69 Å². The number of hydrogen-bond acceptors (Lipinski definition) is 5. The molecule has 1 saturated heterocycles. The van der Waals surface area contributed by atoms with Crippen LogP contribution in [-0.2, 0) is 4.74 Å². The second-order valence-electron chi connectivity index (χ2n) is 3.77. The van der Waals surface area contributed by atoms with Gasteiger partial charge in [-0.2, -0.15) is 0 Å². The number of nitro groups is 1. The zero-order valence-corrected chi connectivity index (χ0v) is 10.0. The van der Waals surface area contributed by atoms with Crippen LogP contribution in [0.15, 0.2) is 23.1 Å². The van der Waals surface area contributed by atoms with Crippen molar-refractivity contribution in [2.75, 3.05) is 13.2 Å². The summed E-state index contributed by atoms with van der Waals surface area (Å²) in [4.78, 5) is 22.4. The van der Waals surface area contributed by atoms with E-state index in [0.717, 1.165) is 4.90 Å². The molecule has 1 heterocycles. The largest absolute Gasteiger partial charge is 0.379 e. The summed E-state index contributed by atoms with van der Waals surface area (Å²) in [7, 11) is 0. The Bertz CT molecular complexity index is 471. The molecule has 0 unspecified atom stereocenters. The first-order valence-corrected chi connectivity index (χ1v) is 5.99. The molecular formula is C11H11NO4S. The third-order valence-corrected chi connectivity index (χ3v) is 3.59. The smallest absolute Gasteiger partial charge is 0.280 e. The Balaban J connectivity index is 2.27. The lowest BCUT2D eigenvalue weighted by Crippen LogP contribution is -2.30. The van der Waals surface area contributed by atoms with Crippen molar-refractivity contribution in [1.29, 1.82) is 0 Å². The van der Waals surface area contributed by atoms with Gasteiger partial charge in [0.1, 0.15) is 0 Å². The zero-order chi connectivity index (χ0) is 12.4. The predicted molar refractivity (Wildman–Crippen MR) is 63.6 cm³/mol. The molecule has 0 N–H and O–H groups in total. The molecular weight excluding hydrogens is 242 g/mol. The molecule has 0 radical (unpaired) electrons. The summed E-state index contributed by atoms with van der Waals surface area (Å²) in [6, 6.07) is 4.65. The third-order valence-electron chi connectivity index (χ3n) is 2.45. The summed E-state index contributed by atoms with van der Waals surface area (Å²) in [5.74, 6) is -0.288. The van der Waals surface area contributed by atoms with E-state index < -0.39 is 4.92 Å². The molecule has 1 aromatic rings. The standard InChI is InChI=1S/C11H11NO4S/c1-7(13)10-4-8(17-9-5-16-6-9)2-3-11(10)12(14)15/h2-4,9H,5-6H2,1H3. The molecule has 6 heteroatoms. The summed E-state index contributed by atoms with van der Waals surface area (Å²) in [5.41, 5.74) is 0.0342. The molecule has 5 nitrogen and oxygen atoms in total. The van der Waals surface area contributed by atoms with Crippen LogP contribution >= 0.6 is 11.8 Å². The predicted octanol–water partition coefficient (Wildman–Crippen LogP) is 2.29. The molecule has 0 saturated carbocycles. The third kappa shape index (κ3) is 2.65. The van der Waals surface area contributed by atoms with E-state index in [9.17, 15) is 14.9 Å². The molecule has 1 aliphatic heterocycles. The first-order chi connectivity index (χ1) is 8.08. The molecule has 0 aliphatic carbocycles. The van der Waals surface area contributed by atoms with Crippen LogP contribution in [0.3, 0.4) is 0 Å². The van der Waals surface area contributed by atoms with E-state index in [1.807, 2.05) is 0 Å². The number of carbonyl (C=O) groups is 1. The second-order valence-corrected chi connectivity index (χ2v) is 5.14. The first kappa shape index (κ1) is 12.1. The normalized spacial score (nSPS) is 15.4. The Hall–Kier alpha value is -1.40. The number of Topliss-reactive ketones (excluding diaryl/α,β-unsaturated/α-hetero) is 1. The van der Waals surface area contributed by atoms with Gasteiger partial charge < -0.3 is 4.74 Å². The average molecular weight is 253 g/mol. The van der Waals surface area contributed by atoms with Gasteiger partial charge in [0.2, 0.25) is 0 Å². The van der Waals surface area contributed by atoms with Crippen LogP contribution in [0.5, 0.6) is 0 Å². The van der Waals surface area contributed by atoms with E-state index in [0.29, 0.717) is 18.5 Å². The van der Waals surface area contributed by atoms with Crippen LogP contribution in [0.25, 0.3) is 0 Å². The first-order valence-electron chi connectivity index (χ1n) is 5.11. The van der Waals surface area contributed by atoms with Crippen LogP contribution in [0.1, 0.15) is 17.3 Å². The zero-order valence-electron chi connectivity index (χ0n) is 9.21. The van der Waals surface area contributed by atoms with Gasteiger partial charge >= 0.3 is 0 Å². The fraction of sp³-hybridized carbons (Fsp3) is 0.364. The van der Waals surface area contributed by atoms with Crippen LogP contribution in [0.4, 0.5) is 5.69 Å². The van der Waals surface area contributed by atoms with E-state index in [1.165, 1.54) is 13.0 Å². The van der Waals surface area contributed by atoms with Crippen molar-refractivity contribution in [3.63, 3.8) is 0 Å². The maximum Gasteiger partial charge on any atom is 0.280 e. The van der Waals surface area contributed by atoms with Gasteiger partial charge in [0, 0.05) is 11.0 Å². The molecule has 0 amide bonds. The molecule has 0 spiro atoms. The molecule has 0 bridgehead atoms. The fourth-order valence-electron chi connectivity index (χ4n) is 1.50. The molecule has 0 aromatic heterocycles. The number of carbonyl (C=O) groups excluding carboxylic acids is 1. The second kappa shape index (κ2) is 4.85. The van der Waals surface area contributed by atoms with Gasteiger partial charge in [-0.15, -0.1) is 11.8 Å². The maximum atomic E-state index is 11.4. The Morgan fingerprint density at radius 1 is 1.53 bits per heavy atom. The molecule has 1 aliphatic rings. The number of ether oxygens (including phenoxy) is 1. The minimum atomic E-state index is -0.530. The molecule has 17 heavy (non-hydrogen) atoms. The quantitative estimate of drug-likeness (QED) is 0.468. The Labute approximate surface area is 102 Å². The molecule has 90 valence electrons. The number of benzene rings is 1. The average Bonchev–Trinajstić information content (AvgIpc) is 2.23. The number of nitro benzene ring substituents is 1. The summed E-state index contributed by atoms with van der Waals surface area (Å²) >= 11 is 1.58. The van der Waals surface area contributed by atoms with E-state index in [4.69, 9.17) is 4.74 Å². The summed E-state index contributed by atoms with van der Waals surface area (Å²) in [6.07, 6.45) is 0. The minimum absolute atomic E-state index is 0.133. The van der Waals surface area contributed by atoms with Crippen molar-refractivity contribution < 1.29 is 14.5 Å². The van der Waals surface area contributed by atoms with E-state index in [-0.39, 0.29) is 17.0 Å². The highest BCUT2D eigenvalue weighted by Crippen LogP contribution is 2.31. The van der Waals surface area contributed by atoms with Crippen molar-refractivity contribution in [2.24, 2.45) is 0 Å². The number of rotatable bonds is 4. The van der Waals surface area contributed by atoms with Gasteiger partial charge in [-0.1, -0.05) is 0 Å². The van der Waals surface area contributed by atoms with Crippen molar-refractivity contribution >= 4 is 23.2 Å². The van der Waals surface area contributed by atoms with Crippen molar-refractivity contribution in [2.45, 2.75) is 17.1 Å². The lowest BCUT2D eigenvalue weighted by atomic mass is 10.1. The van der Waals surface area contributed by atoms with E-state index in [2.05, 4.69) is 0 Å². The Morgan fingerprint density at radius 2 is 2.24 bits per heavy atom. The highest BCUT2D eigenvalue weighted by Gasteiger charge is 2.22. The number of ketones is 1. The highest BCUT2D eigenvalue weighted by atomic mass is 32.2. The summed E-state index contributed by atoms with van der Waals surface area (Å²) in [5, 5.41) is 11.1. The van der Waals surface area contributed by atoms with Crippen molar-refractivity contribution in [3.05, 3.63) is 33.9 Å². The molecule has 2 rings (SSSR count). The van der Waals surface area contributed by atoms with Gasteiger partial charge in [0.05, 0.1) is 29.0 Å². The SMILES string of the molecule is CC(=O)c1cc(SC2COC2)ccc1[N+](=O)[O-]. The highest BCUT2D eigenvalue weighted by molar-refractivity contribution is 8.00. The van der Waals surface area contributed by atoms with Gasteiger partial charge in [-0.3, -0.25) is 14.9 Å². The molecule has 1 fully saturated rings. The monoisotopic (exact) mass is 253 g/mol. The molecule has 1 aromatic carbocycles. The van der Waals surface area contributed by atoms with E-state index >= 15 is 0 Å². The summed E-state index contributed by atoms with van der Waals surface area (Å²) < 4.78 is 5.05. The number of nitrogens with zero attached hydrogens (tertiary/aromatic N) is 1. The Kier molecular flexibility index (Phi) is 3.44. The number of thioether (sulfide) groups is 1.